The van der Waals surface area contributed by atoms with Crippen LogP contribution in [0.2, 0.25) is 10.0 Å². The molecular weight excluding hydrogens is 369 g/mol. The molecule has 2 aromatic rings. The summed E-state index contributed by atoms with van der Waals surface area (Å²) in [6.07, 6.45) is 0.581. The number of anilines is 1. The van der Waals surface area contributed by atoms with Crippen LogP contribution in [0.25, 0.3) is 0 Å². The highest BCUT2D eigenvalue weighted by atomic mass is 35.5. The van der Waals surface area contributed by atoms with E-state index in [1.54, 1.807) is 0 Å². The molecule has 0 spiro atoms. The summed E-state index contributed by atoms with van der Waals surface area (Å²) in [5, 5.41) is 4.37. The van der Waals surface area contributed by atoms with Gasteiger partial charge in [-0.05, 0) is 36.9 Å². The number of piperazine rings is 1. The van der Waals surface area contributed by atoms with Gasteiger partial charge in [0.25, 0.3) is 0 Å². The molecule has 0 radical (unpaired) electrons. The summed E-state index contributed by atoms with van der Waals surface area (Å²) < 4.78 is 0. The summed E-state index contributed by atoms with van der Waals surface area (Å²) in [5.74, 6) is 0.0132. The molecule has 1 unspecified atom stereocenters. The van der Waals surface area contributed by atoms with Crippen molar-refractivity contribution in [2.45, 2.75) is 12.0 Å². The Morgan fingerprint density at radius 2 is 1.77 bits per heavy atom. The quantitative estimate of drug-likeness (QED) is 0.870. The van der Waals surface area contributed by atoms with Crippen LogP contribution in [-0.4, -0.2) is 48.9 Å². The van der Waals surface area contributed by atoms with Crippen LogP contribution in [-0.2, 0) is 16.8 Å². The van der Waals surface area contributed by atoms with Crippen LogP contribution >= 0.6 is 23.2 Å². The summed E-state index contributed by atoms with van der Waals surface area (Å²) in [6.45, 7) is 3.56. The highest BCUT2D eigenvalue weighted by Gasteiger charge is 2.51. The van der Waals surface area contributed by atoms with Crippen LogP contribution in [0.3, 0.4) is 0 Å². The van der Waals surface area contributed by atoms with E-state index < -0.39 is 5.54 Å². The van der Waals surface area contributed by atoms with Gasteiger partial charge in [0.2, 0.25) is 5.91 Å². The van der Waals surface area contributed by atoms with Crippen LogP contribution in [0, 0.1) is 0 Å². The summed E-state index contributed by atoms with van der Waals surface area (Å²) in [7, 11) is 2.11. The predicted octanol–water partition coefficient (Wildman–Crippen LogP) is 3.63. The van der Waals surface area contributed by atoms with Gasteiger partial charge >= 0.3 is 0 Å². The van der Waals surface area contributed by atoms with Crippen LogP contribution in [0.5, 0.6) is 0 Å². The van der Waals surface area contributed by atoms with Gasteiger partial charge in [-0.2, -0.15) is 0 Å². The Labute approximate surface area is 163 Å². The van der Waals surface area contributed by atoms with E-state index in [1.165, 1.54) is 0 Å². The number of rotatable bonds is 3. The first-order valence-electron chi connectivity index (χ1n) is 8.78. The second-order valence-corrected chi connectivity index (χ2v) is 7.97. The number of carbonyl (C=O) groups excluding carboxylic acids is 1. The molecular formula is C20H21Cl2N3O. The third-order valence-corrected chi connectivity index (χ3v) is 5.91. The molecule has 2 aromatic carbocycles. The average molecular weight is 390 g/mol. The van der Waals surface area contributed by atoms with Gasteiger partial charge in [-0.15, -0.1) is 0 Å². The number of hydrogen-bond donors (Lipinski definition) is 1. The Balaban J connectivity index is 1.81. The lowest BCUT2D eigenvalue weighted by molar-refractivity contribution is -0.129. The van der Waals surface area contributed by atoms with Crippen molar-refractivity contribution < 1.29 is 4.79 Å². The molecule has 2 aliphatic rings. The summed E-state index contributed by atoms with van der Waals surface area (Å²) in [6, 6.07) is 13.5. The number of nitrogens with one attached hydrogen (secondary N) is 1. The molecule has 4 nitrogen and oxygen atoms in total. The third-order valence-electron chi connectivity index (χ3n) is 5.44. The highest BCUT2D eigenvalue weighted by molar-refractivity contribution is 6.31. The number of nitrogens with zero attached hydrogens (tertiary/aromatic N) is 2. The van der Waals surface area contributed by atoms with Crippen molar-refractivity contribution in [1.82, 2.24) is 9.80 Å². The zero-order valence-corrected chi connectivity index (χ0v) is 16.1. The molecule has 2 aliphatic heterocycles. The molecule has 1 fully saturated rings. The third kappa shape index (κ3) is 3.01. The predicted molar refractivity (Wildman–Crippen MR) is 106 cm³/mol. The molecule has 0 aliphatic carbocycles. The standard InChI is InChI=1S/C20H21Cl2N3O/c1-24-7-9-25(10-8-24)20(13-14-3-2-4-15(21)11-14)17-6-5-16(22)12-18(17)23-19(20)26/h2-6,11-12H,7-10,13H2,1H3,(H,23,26). The molecule has 136 valence electrons. The van der Waals surface area contributed by atoms with Crippen LogP contribution in [0.4, 0.5) is 5.69 Å². The Hall–Kier alpha value is -1.59. The molecule has 1 atom stereocenters. The lowest BCUT2D eigenvalue weighted by Gasteiger charge is -2.44. The van der Waals surface area contributed by atoms with Crippen LogP contribution < -0.4 is 5.32 Å². The SMILES string of the molecule is CN1CCN(C2(Cc3cccc(Cl)c3)C(=O)Nc3cc(Cl)ccc32)CC1. The number of amides is 1. The number of benzene rings is 2. The Morgan fingerprint density at radius 3 is 2.50 bits per heavy atom. The second kappa shape index (κ2) is 6.86. The minimum atomic E-state index is -0.730. The summed E-state index contributed by atoms with van der Waals surface area (Å²) in [5.41, 5.74) is 2.13. The maximum Gasteiger partial charge on any atom is 0.249 e. The molecule has 6 heteroatoms. The number of hydrogen-bond acceptors (Lipinski definition) is 3. The number of halogens is 2. The summed E-state index contributed by atoms with van der Waals surface area (Å²) >= 11 is 12.4. The fourth-order valence-electron chi connectivity index (χ4n) is 4.06. The van der Waals surface area contributed by atoms with Gasteiger partial charge in [0, 0.05) is 53.9 Å². The van der Waals surface area contributed by atoms with E-state index in [9.17, 15) is 4.79 Å². The molecule has 0 aromatic heterocycles. The minimum Gasteiger partial charge on any atom is -0.324 e. The Kier molecular flexibility index (Phi) is 4.70. The maximum absolute atomic E-state index is 13.3. The van der Waals surface area contributed by atoms with E-state index in [0.717, 1.165) is 43.0 Å². The van der Waals surface area contributed by atoms with E-state index in [4.69, 9.17) is 23.2 Å². The Bertz CT molecular complexity index is 849. The van der Waals surface area contributed by atoms with Gasteiger partial charge in [0.15, 0.2) is 0 Å². The van der Waals surface area contributed by atoms with Gasteiger partial charge < -0.3 is 10.2 Å². The number of fused-ring (bicyclic) bond motifs is 1. The number of likely N-dealkylation sites (N-methyl/N-ethyl adjacent to an activating group) is 1. The largest absolute Gasteiger partial charge is 0.324 e. The fraction of sp³-hybridized carbons (Fsp3) is 0.350. The van der Waals surface area contributed by atoms with E-state index in [-0.39, 0.29) is 5.91 Å². The average Bonchev–Trinajstić information content (AvgIpc) is 2.87. The maximum atomic E-state index is 13.3. The van der Waals surface area contributed by atoms with E-state index in [1.807, 2.05) is 42.5 Å². The lowest BCUT2D eigenvalue weighted by atomic mass is 9.82. The van der Waals surface area contributed by atoms with E-state index >= 15 is 0 Å². The fourth-order valence-corrected chi connectivity index (χ4v) is 4.45. The summed E-state index contributed by atoms with van der Waals surface area (Å²) in [4.78, 5) is 17.9. The van der Waals surface area contributed by atoms with Crippen molar-refractivity contribution in [1.29, 1.82) is 0 Å². The van der Waals surface area contributed by atoms with Crippen molar-refractivity contribution in [3.05, 3.63) is 63.6 Å². The van der Waals surface area contributed by atoms with Crippen molar-refractivity contribution in [2.24, 2.45) is 0 Å². The first-order valence-corrected chi connectivity index (χ1v) is 9.54. The van der Waals surface area contributed by atoms with Crippen molar-refractivity contribution in [3.8, 4) is 0 Å². The first kappa shape index (κ1) is 17.8. The van der Waals surface area contributed by atoms with Crippen LogP contribution in [0.1, 0.15) is 11.1 Å². The minimum absolute atomic E-state index is 0.0132. The molecule has 1 saturated heterocycles. The van der Waals surface area contributed by atoms with E-state index in [0.29, 0.717) is 16.5 Å². The molecule has 2 heterocycles. The molecule has 0 bridgehead atoms. The normalized spacial score (nSPS) is 23.7. The van der Waals surface area contributed by atoms with Gasteiger partial charge in [-0.1, -0.05) is 41.4 Å². The van der Waals surface area contributed by atoms with E-state index in [2.05, 4.69) is 22.2 Å². The Morgan fingerprint density at radius 1 is 1.04 bits per heavy atom. The van der Waals surface area contributed by atoms with Gasteiger partial charge in [0.1, 0.15) is 5.54 Å². The zero-order chi connectivity index (χ0) is 18.3. The van der Waals surface area contributed by atoms with Gasteiger partial charge in [0.05, 0.1) is 0 Å². The lowest BCUT2D eigenvalue weighted by Crippen LogP contribution is -2.58. The highest BCUT2D eigenvalue weighted by Crippen LogP contribution is 2.44. The van der Waals surface area contributed by atoms with Crippen molar-refractivity contribution >= 4 is 34.8 Å². The zero-order valence-electron chi connectivity index (χ0n) is 14.6. The molecule has 1 N–H and O–H groups in total. The second-order valence-electron chi connectivity index (χ2n) is 7.10. The molecule has 0 saturated carbocycles. The smallest absolute Gasteiger partial charge is 0.249 e. The molecule has 1 amide bonds. The topological polar surface area (TPSA) is 35.6 Å². The monoisotopic (exact) mass is 389 g/mol. The first-order chi connectivity index (χ1) is 12.5. The number of carbonyl (C=O) groups is 1. The molecule has 26 heavy (non-hydrogen) atoms. The van der Waals surface area contributed by atoms with Crippen LogP contribution in [0.15, 0.2) is 42.5 Å². The molecule has 4 rings (SSSR count). The van der Waals surface area contributed by atoms with Crippen molar-refractivity contribution in [3.63, 3.8) is 0 Å². The van der Waals surface area contributed by atoms with Gasteiger partial charge in [-0.25, -0.2) is 0 Å². The van der Waals surface area contributed by atoms with Gasteiger partial charge in [-0.3, -0.25) is 9.69 Å². The van der Waals surface area contributed by atoms with Crippen molar-refractivity contribution in [2.75, 3.05) is 38.5 Å².